The van der Waals surface area contributed by atoms with Crippen molar-refractivity contribution >= 4 is 0 Å². The fraction of sp³-hybridized carbons (Fsp3) is 1.00. The van der Waals surface area contributed by atoms with E-state index in [9.17, 15) is 5.11 Å². The summed E-state index contributed by atoms with van der Waals surface area (Å²) in [5.41, 5.74) is 0. The van der Waals surface area contributed by atoms with Gasteiger partial charge in [0, 0.05) is 19.2 Å². The molecule has 1 aliphatic heterocycles. The average molecular weight is 187 g/mol. The number of aliphatic hydroxyl groups excluding tert-OH is 1. The molecule has 0 amide bonds. The van der Waals surface area contributed by atoms with Gasteiger partial charge < -0.3 is 15.2 Å². The molecule has 13 heavy (non-hydrogen) atoms. The van der Waals surface area contributed by atoms with Gasteiger partial charge in [-0.15, -0.1) is 0 Å². The van der Waals surface area contributed by atoms with E-state index < -0.39 is 0 Å². The van der Waals surface area contributed by atoms with Gasteiger partial charge in [-0.05, 0) is 18.8 Å². The third-order valence-corrected chi connectivity index (χ3v) is 2.55. The molecule has 1 heterocycles. The Kier molecular flexibility index (Phi) is 4.70. The van der Waals surface area contributed by atoms with Crippen LogP contribution in [0.1, 0.15) is 26.7 Å². The van der Waals surface area contributed by atoms with Gasteiger partial charge in [0.1, 0.15) is 0 Å². The molecule has 78 valence electrons. The SMILES string of the molecule is CC(C)C(O)CNC1CCCOC1. The number of aliphatic hydroxyl groups is 1. The standard InChI is InChI=1S/C10H21NO2/c1-8(2)10(12)6-11-9-4-3-5-13-7-9/h8-12H,3-7H2,1-2H3. The summed E-state index contributed by atoms with van der Waals surface area (Å²) in [6.07, 6.45) is 2.07. The molecule has 3 nitrogen and oxygen atoms in total. The maximum atomic E-state index is 9.55. The second kappa shape index (κ2) is 5.58. The van der Waals surface area contributed by atoms with Gasteiger partial charge in [-0.2, -0.15) is 0 Å². The summed E-state index contributed by atoms with van der Waals surface area (Å²) < 4.78 is 5.33. The summed E-state index contributed by atoms with van der Waals surface area (Å²) in [6.45, 7) is 6.44. The smallest absolute Gasteiger partial charge is 0.0687 e. The van der Waals surface area contributed by atoms with Crippen molar-refractivity contribution in [3.8, 4) is 0 Å². The zero-order valence-corrected chi connectivity index (χ0v) is 8.62. The number of nitrogens with one attached hydrogen (secondary N) is 1. The van der Waals surface area contributed by atoms with Crippen molar-refractivity contribution in [2.45, 2.75) is 38.8 Å². The van der Waals surface area contributed by atoms with E-state index in [0.29, 0.717) is 18.5 Å². The summed E-state index contributed by atoms with van der Waals surface area (Å²) in [6, 6.07) is 0.446. The fourth-order valence-corrected chi connectivity index (χ4v) is 1.42. The molecule has 0 radical (unpaired) electrons. The maximum Gasteiger partial charge on any atom is 0.0687 e. The Hall–Kier alpha value is -0.120. The molecule has 0 aromatic carbocycles. The van der Waals surface area contributed by atoms with E-state index in [1.807, 2.05) is 13.8 Å². The molecular formula is C10H21NO2. The molecule has 2 atom stereocenters. The first-order chi connectivity index (χ1) is 6.20. The van der Waals surface area contributed by atoms with Gasteiger partial charge >= 0.3 is 0 Å². The highest BCUT2D eigenvalue weighted by Crippen LogP contribution is 2.06. The predicted molar refractivity (Wildman–Crippen MR) is 52.7 cm³/mol. The fourth-order valence-electron chi connectivity index (χ4n) is 1.42. The van der Waals surface area contributed by atoms with Crippen LogP contribution in [0.4, 0.5) is 0 Å². The number of rotatable bonds is 4. The summed E-state index contributed by atoms with van der Waals surface area (Å²) in [5.74, 6) is 0.331. The molecule has 1 rings (SSSR count). The second-order valence-electron chi connectivity index (χ2n) is 4.13. The van der Waals surface area contributed by atoms with E-state index in [2.05, 4.69) is 5.32 Å². The summed E-state index contributed by atoms with van der Waals surface area (Å²) in [4.78, 5) is 0. The second-order valence-corrected chi connectivity index (χ2v) is 4.13. The van der Waals surface area contributed by atoms with Crippen LogP contribution in [0.25, 0.3) is 0 Å². The maximum absolute atomic E-state index is 9.55. The Bertz CT molecular complexity index is 133. The van der Waals surface area contributed by atoms with Crippen LogP contribution < -0.4 is 5.32 Å². The molecule has 1 fully saturated rings. The van der Waals surface area contributed by atoms with Crippen molar-refractivity contribution < 1.29 is 9.84 Å². The van der Waals surface area contributed by atoms with Crippen LogP contribution in [0.15, 0.2) is 0 Å². The first-order valence-electron chi connectivity index (χ1n) is 5.19. The third-order valence-electron chi connectivity index (χ3n) is 2.55. The van der Waals surface area contributed by atoms with Crippen molar-refractivity contribution in [2.24, 2.45) is 5.92 Å². The minimum atomic E-state index is -0.234. The van der Waals surface area contributed by atoms with Gasteiger partial charge in [0.05, 0.1) is 12.7 Å². The molecule has 0 bridgehead atoms. The topological polar surface area (TPSA) is 41.5 Å². The molecule has 2 unspecified atom stereocenters. The van der Waals surface area contributed by atoms with Gasteiger partial charge in [-0.3, -0.25) is 0 Å². The van der Waals surface area contributed by atoms with Crippen molar-refractivity contribution in [2.75, 3.05) is 19.8 Å². The van der Waals surface area contributed by atoms with Gasteiger partial charge in [-0.1, -0.05) is 13.8 Å². The highest BCUT2D eigenvalue weighted by atomic mass is 16.5. The minimum absolute atomic E-state index is 0.234. The largest absolute Gasteiger partial charge is 0.392 e. The molecule has 0 aromatic rings. The van der Waals surface area contributed by atoms with Gasteiger partial charge in [-0.25, -0.2) is 0 Å². The molecular weight excluding hydrogens is 166 g/mol. The Balaban J connectivity index is 2.10. The summed E-state index contributed by atoms with van der Waals surface area (Å²) in [7, 11) is 0. The van der Waals surface area contributed by atoms with Crippen LogP contribution in [0.5, 0.6) is 0 Å². The molecule has 0 saturated carbocycles. The molecule has 1 saturated heterocycles. The highest BCUT2D eigenvalue weighted by Gasteiger charge is 2.15. The number of hydrogen-bond donors (Lipinski definition) is 2. The summed E-state index contributed by atoms with van der Waals surface area (Å²) in [5, 5.41) is 12.9. The Morgan fingerprint density at radius 2 is 2.31 bits per heavy atom. The van der Waals surface area contributed by atoms with Crippen LogP contribution in [-0.2, 0) is 4.74 Å². The van der Waals surface area contributed by atoms with E-state index >= 15 is 0 Å². The van der Waals surface area contributed by atoms with Crippen molar-refractivity contribution in [1.82, 2.24) is 5.32 Å². The molecule has 0 aliphatic carbocycles. The Labute approximate surface area is 80.5 Å². The van der Waals surface area contributed by atoms with Crippen LogP contribution >= 0.6 is 0 Å². The van der Waals surface area contributed by atoms with Crippen LogP contribution in [0.3, 0.4) is 0 Å². The van der Waals surface area contributed by atoms with Crippen LogP contribution in [-0.4, -0.2) is 37.0 Å². The zero-order chi connectivity index (χ0) is 9.68. The molecule has 0 spiro atoms. The van der Waals surface area contributed by atoms with E-state index in [1.165, 1.54) is 6.42 Å². The van der Waals surface area contributed by atoms with Gasteiger partial charge in [0.25, 0.3) is 0 Å². The van der Waals surface area contributed by atoms with E-state index in [-0.39, 0.29) is 6.10 Å². The molecule has 2 N–H and O–H groups in total. The van der Waals surface area contributed by atoms with E-state index in [4.69, 9.17) is 4.74 Å². The van der Waals surface area contributed by atoms with Gasteiger partial charge in [0.15, 0.2) is 0 Å². The molecule has 0 aromatic heterocycles. The van der Waals surface area contributed by atoms with Crippen LogP contribution in [0.2, 0.25) is 0 Å². The predicted octanol–water partition coefficient (Wildman–Crippen LogP) is 0.772. The Morgan fingerprint density at radius 3 is 2.85 bits per heavy atom. The van der Waals surface area contributed by atoms with Crippen molar-refractivity contribution in [3.05, 3.63) is 0 Å². The minimum Gasteiger partial charge on any atom is -0.392 e. The lowest BCUT2D eigenvalue weighted by Gasteiger charge is -2.25. The first kappa shape index (κ1) is 11.0. The highest BCUT2D eigenvalue weighted by molar-refractivity contribution is 4.72. The van der Waals surface area contributed by atoms with E-state index in [1.54, 1.807) is 0 Å². The molecule has 3 heteroatoms. The zero-order valence-electron chi connectivity index (χ0n) is 8.62. The van der Waals surface area contributed by atoms with Crippen LogP contribution in [0, 0.1) is 5.92 Å². The quantitative estimate of drug-likeness (QED) is 0.683. The molecule has 1 aliphatic rings. The monoisotopic (exact) mass is 187 g/mol. The first-order valence-corrected chi connectivity index (χ1v) is 5.19. The normalized spacial score (nSPS) is 26.3. The Morgan fingerprint density at radius 1 is 1.54 bits per heavy atom. The van der Waals surface area contributed by atoms with Crippen molar-refractivity contribution in [1.29, 1.82) is 0 Å². The van der Waals surface area contributed by atoms with E-state index in [0.717, 1.165) is 19.6 Å². The number of ether oxygens (including phenoxy) is 1. The van der Waals surface area contributed by atoms with Crippen molar-refractivity contribution in [3.63, 3.8) is 0 Å². The number of hydrogen-bond acceptors (Lipinski definition) is 3. The van der Waals surface area contributed by atoms with Gasteiger partial charge in [0.2, 0.25) is 0 Å². The lowest BCUT2D eigenvalue weighted by Crippen LogP contribution is -2.42. The third kappa shape index (κ3) is 4.07. The summed E-state index contributed by atoms with van der Waals surface area (Å²) >= 11 is 0. The average Bonchev–Trinajstić information content (AvgIpc) is 2.15. The lowest BCUT2D eigenvalue weighted by atomic mass is 10.1. The lowest BCUT2D eigenvalue weighted by molar-refractivity contribution is 0.0587.